The van der Waals surface area contributed by atoms with E-state index in [0.29, 0.717) is 18.0 Å². The van der Waals surface area contributed by atoms with E-state index in [0.717, 1.165) is 6.54 Å². The quantitative estimate of drug-likeness (QED) is 0.796. The molecule has 1 fully saturated rings. The van der Waals surface area contributed by atoms with Crippen LogP contribution in [0.4, 0.5) is 0 Å². The van der Waals surface area contributed by atoms with E-state index in [1.54, 1.807) is 23.7 Å². The van der Waals surface area contributed by atoms with E-state index in [-0.39, 0.29) is 11.8 Å². The number of piperazine rings is 1. The van der Waals surface area contributed by atoms with E-state index in [1.807, 2.05) is 7.05 Å². The van der Waals surface area contributed by atoms with Gasteiger partial charge in [-0.15, -0.1) is 11.3 Å². The molecule has 1 aromatic rings. The molecule has 1 saturated heterocycles. The van der Waals surface area contributed by atoms with Crippen LogP contribution in [0.3, 0.4) is 0 Å². The number of rotatable bonds is 2. The molecule has 0 radical (unpaired) electrons. The smallest absolute Gasteiger partial charge is 0.266 e. The van der Waals surface area contributed by atoms with Crippen molar-refractivity contribution in [1.82, 2.24) is 20.1 Å². The van der Waals surface area contributed by atoms with Gasteiger partial charge in [-0.3, -0.25) is 14.6 Å². The molecule has 1 aliphatic heterocycles. The summed E-state index contributed by atoms with van der Waals surface area (Å²) in [6, 6.07) is -0.427. The van der Waals surface area contributed by atoms with Gasteiger partial charge >= 0.3 is 0 Å². The molecule has 0 aliphatic carbocycles. The minimum Gasteiger partial charge on any atom is -0.357 e. The fourth-order valence-corrected chi connectivity index (χ4v) is 2.59. The minimum absolute atomic E-state index is 0.112. The summed E-state index contributed by atoms with van der Waals surface area (Å²) in [6.07, 6.45) is 1.55. The van der Waals surface area contributed by atoms with Crippen molar-refractivity contribution in [2.75, 3.05) is 33.7 Å². The van der Waals surface area contributed by atoms with Crippen LogP contribution in [0.25, 0.3) is 0 Å². The van der Waals surface area contributed by atoms with E-state index in [1.165, 1.54) is 11.3 Å². The SMILES string of the molecule is CNC(=O)[C@H]1CN(C)CCN1C(=O)c1cncs1. The van der Waals surface area contributed by atoms with Gasteiger partial charge in [0.2, 0.25) is 5.91 Å². The average molecular weight is 268 g/mol. The first-order chi connectivity index (χ1) is 8.63. The number of hydrogen-bond acceptors (Lipinski definition) is 5. The summed E-state index contributed by atoms with van der Waals surface area (Å²) in [4.78, 5) is 32.3. The fraction of sp³-hybridized carbons (Fsp3) is 0.545. The highest BCUT2D eigenvalue weighted by molar-refractivity contribution is 7.11. The number of hydrogen-bond donors (Lipinski definition) is 1. The maximum absolute atomic E-state index is 12.3. The molecule has 6 nitrogen and oxygen atoms in total. The summed E-state index contributed by atoms with van der Waals surface area (Å²) in [6.45, 7) is 1.90. The Balaban J connectivity index is 2.18. The molecule has 1 atom stereocenters. The third kappa shape index (κ3) is 2.51. The van der Waals surface area contributed by atoms with Crippen molar-refractivity contribution >= 4 is 23.2 Å². The molecule has 1 aromatic heterocycles. The molecule has 18 heavy (non-hydrogen) atoms. The number of amides is 2. The summed E-state index contributed by atoms with van der Waals surface area (Å²) >= 11 is 1.30. The summed E-state index contributed by atoms with van der Waals surface area (Å²) in [5.74, 6) is -0.237. The summed E-state index contributed by atoms with van der Waals surface area (Å²) in [5.41, 5.74) is 1.62. The molecule has 1 aliphatic rings. The number of nitrogens with zero attached hydrogens (tertiary/aromatic N) is 3. The molecule has 0 spiro atoms. The minimum atomic E-state index is -0.427. The number of likely N-dealkylation sites (N-methyl/N-ethyl adjacent to an activating group) is 2. The topological polar surface area (TPSA) is 65.5 Å². The fourth-order valence-electron chi connectivity index (χ4n) is 2.02. The zero-order valence-electron chi connectivity index (χ0n) is 10.4. The molecule has 0 aromatic carbocycles. The first-order valence-electron chi connectivity index (χ1n) is 5.73. The average Bonchev–Trinajstić information content (AvgIpc) is 2.90. The Morgan fingerprint density at radius 1 is 1.50 bits per heavy atom. The van der Waals surface area contributed by atoms with E-state index < -0.39 is 6.04 Å². The van der Waals surface area contributed by atoms with E-state index in [9.17, 15) is 9.59 Å². The van der Waals surface area contributed by atoms with Crippen molar-refractivity contribution in [3.05, 3.63) is 16.6 Å². The Morgan fingerprint density at radius 3 is 2.89 bits per heavy atom. The lowest BCUT2D eigenvalue weighted by Gasteiger charge is -2.38. The predicted octanol–water partition coefficient (Wildman–Crippen LogP) is -0.355. The Kier molecular flexibility index (Phi) is 3.93. The van der Waals surface area contributed by atoms with Crippen LogP contribution in [0, 0.1) is 0 Å². The van der Waals surface area contributed by atoms with Gasteiger partial charge in [0, 0.05) is 26.7 Å². The standard InChI is InChI=1S/C11H16N4O2S/c1-12-10(16)8-6-14(2)3-4-15(8)11(17)9-5-13-7-18-9/h5,7-8H,3-4,6H2,1-2H3,(H,12,16)/t8-/m1/s1. The van der Waals surface area contributed by atoms with Crippen LogP contribution in [0.1, 0.15) is 9.67 Å². The number of carbonyl (C=O) groups is 2. The normalized spacial score (nSPS) is 20.8. The Labute approximate surface area is 110 Å². The van der Waals surface area contributed by atoms with Crippen molar-refractivity contribution in [2.45, 2.75) is 6.04 Å². The van der Waals surface area contributed by atoms with Crippen molar-refractivity contribution in [3.8, 4) is 0 Å². The molecule has 1 N–H and O–H groups in total. The first kappa shape index (κ1) is 13.0. The maximum Gasteiger partial charge on any atom is 0.266 e. The molecule has 98 valence electrons. The highest BCUT2D eigenvalue weighted by Gasteiger charge is 2.34. The van der Waals surface area contributed by atoms with Gasteiger partial charge < -0.3 is 15.1 Å². The molecule has 0 bridgehead atoms. The van der Waals surface area contributed by atoms with Crippen molar-refractivity contribution in [1.29, 1.82) is 0 Å². The third-order valence-corrected chi connectivity index (χ3v) is 3.80. The van der Waals surface area contributed by atoms with Crippen LogP contribution in [-0.4, -0.2) is 66.4 Å². The Morgan fingerprint density at radius 2 is 2.28 bits per heavy atom. The second-order valence-electron chi connectivity index (χ2n) is 4.26. The van der Waals surface area contributed by atoms with Crippen LogP contribution in [0.5, 0.6) is 0 Å². The Bertz CT molecular complexity index is 434. The highest BCUT2D eigenvalue weighted by Crippen LogP contribution is 2.16. The third-order valence-electron chi connectivity index (χ3n) is 3.04. The second-order valence-corrected chi connectivity index (χ2v) is 5.14. The number of aromatic nitrogens is 1. The zero-order valence-corrected chi connectivity index (χ0v) is 11.2. The van der Waals surface area contributed by atoms with E-state index in [4.69, 9.17) is 0 Å². The monoisotopic (exact) mass is 268 g/mol. The lowest BCUT2D eigenvalue weighted by atomic mass is 10.1. The van der Waals surface area contributed by atoms with Gasteiger partial charge in [-0.05, 0) is 7.05 Å². The van der Waals surface area contributed by atoms with Gasteiger partial charge in [0.25, 0.3) is 5.91 Å². The van der Waals surface area contributed by atoms with Gasteiger partial charge in [0.05, 0.1) is 11.7 Å². The molecular formula is C11H16N4O2S. The Hall–Kier alpha value is -1.47. The van der Waals surface area contributed by atoms with Crippen LogP contribution in [0.15, 0.2) is 11.7 Å². The molecule has 7 heteroatoms. The summed E-state index contributed by atoms with van der Waals surface area (Å²) < 4.78 is 0. The number of nitrogens with one attached hydrogen (secondary N) is 1. The highest BCUT2D eigenvalue weighted by atomic mass is 32.1. The number of carbonyl (C=O) groups excluding carboxylic acids is 2. The van der Waals surface area contributed by atoms with Crippen molar-refractivity contribution in [3.63, 3.8) is 0 Å². The zero-order chi connectivity index (χ0) is 13.1. The van der Waals surface area contributed by atoms with Crippen LogP contribution < -0.4 is 5.32 Å². The van der Waals surface area contributed by atoms with E-state index in [2.05, 4.69) is 15.2 Å². The van der Waals surface area contributed by atoms with Gasteiger partial charge in [-0.25, -0.2) is 0 Å². The predicted molar refractivity (Wildman–Crippen MR) is 68.5 cm³/mol. The van der Waals surface area contributed by atoms with Gasteiger partial charge in [-0.2, -0.15) is 0 Å². The summed E-state index contributed by atoms with van der Waals surface area (Å²) in [5, 5.41) is 2.61. The number of thiazole rings is 1. The van der Waals surface area contributed by atoms with Gasteiger partial charge in [0.15, 0.2) is 0 Å². The van der Waals surface area contributed by atoms with Crippen LogP contribution in [-0.2, 0) is 4.79 Å². The van der Waals surface area contributed by atoms with E-state index >= 15 is 0 Å². The van der Waals surface area contributed by atoms with Crippen LogP contribution >= 0.6 is 11.3 Å². The molecule has 2 amide bonds. The molecular weight excluding hydrogens is 252 g/mol. The first-order valence-corrected chi connectivity index (χ1v) is 6.61. The lowest BCUT2D eigenvalue weighted by molar-refractivity contribution is -0.126. The van der Waals surface area contributed by atoms with Crippen molar-refractivity contribution in [2.24, 2.45) is 0 Å². The second kappa shape index (κ2) is 5.45. The molecule has 2 rings (SSSR count). The lowest BCUT2D eigenvalue weighted by Crippen LogP contribution is -2.59. The summed E-state index contributed by atoms with van der Waals surface area (Å²) in [7, 11) is 3.54. The molecule has 0 saturated carbocycles. The van der Waals surface area contributed by atoms with Crippen molar-refractivity contribution < 1.29 is 9.59 Å². The largest absolute Gasteiger partial charge is 0.357 e. The van der Waals surface area contributed by atoms with Gasteiger partial charge in [0.1, 0.15) is 10.9 Å². The van der Waals surface area contributed by atoms with Gasteiger partial charge in [-0.1, -0.05) is 0 Å². The molecule has 2 heterocycles. The molecule has 0 unspecified atom stereocenters. The maximum atomic E-state index is 12.3. The van der Waals surface area contributed by atoms with Crippen LogP contribution in [0.2, 0.25) is 0 Å².